The minimum Gasteiger partial charge on any atom is -0.380 e. The number of benzene rings is 1. The molecule has 2 aromatic rings. The molecule has 1 aromatic carbocycles. The average molecular weight is 346 g/mol. The van der Waals surface area contributed by atoms with Gasteiger partial charge in [-0.1, -0.05) is 29.3 Å². The Labute approximate surface area is 124 Å². The van der Waals surface area contributed by atoms with Crippen LogP contribution in [0.1, 0.15) is 11.1 Å². The largest absolute Gasteiger partial charge is 0.380 e. The van der Waals surface area contributed by atoms with Crippen molar-refractivity contribution < 1.29 is 0 Å². The molecule has 5 heteroatoms. The molecule has 0 spiro atoms. The molecule has 0 aliphatic heterocycles. The highest BCUT2D eigenvalue weighted by molar-refractivity contribution is 9.10. The molecule has 1 aromatic heterocycles. The summed E-state index contributed by atoms with van der Waals surface area (Å²) in [6, 6.07) is 7.51. The Kier molecular flexibility index (Phi) is 4.49. The second-order valence-corrected chi connectivity index (χ2v) is 5.52. The Morgan fingerprint density at radius 3 is 2.72 bits per heavy atom. The molecule has 2 rings (SSSR count). The first-order valence-corrected chi connectivity index (χ1v) is 6.91. The van der Waals surface area contributed by atoms with Gasteiger partial charge in [0.25, 0.3) is 0 Å². The quantitative estimate of drug-likeness (QED) is 0.785. The Morgan fingerprint density at radius 2 is 2.06 bits per heavy atom. The van der Waals surface area contributed by atoms with Crippen LogP contribution in [0.3, 0.4) is 0 Å². The highest BCUT2D eigenvalue weighted by atomic mass is 79.9. The second-order valence-electron chi connectivity index (χ2n) is 3.92. The van der Waals surface area contributed by atoms with Crippen molar-refractivity contribution in [2.45, 2.75) is 13.5 Å². The fraction of sp³-hybridized carbons (Fsp3) is 0.154. The van der Waals surface area contributed by atoms with Crippen molar-refractivity contribution in [1.29, 1.82) is 0 Å². The van der Waals surface area contributed by atoms with Crippen molar-refractivity contribution in [2.24, 2.45) is 0 Å². The van der Waals surface area contributed by atoms with Crippen LogP contribution in [0.2, 0.25) is 10.0 Å². The summed E-state index contributed by atoms with van der Waals surface area (Å²) in [5.41, 5.74) is 3.05. The zero-order valence-electron chi connectivity index (χ0n) is 9.67. The Bertz CT molecular complexity index is 573. The third-order valence-corrected chi connectivity index (χ3v) is 3.93. The van der Waals surface area contributed by atoms with E-state index in [4.69, 9.17) is 23.2 Å². The van der Waals surface area contributed by atoms with Crippen LogP contribution in [0.15, 0.2) is 35.1 Å². The van der Waals surface area contributed by atoms with Crippen LogP contribution in [0, 0.1) is 6.92 Å². The molecule has 0 aliphatic rings. The minimum absolute atomic E-state index is 0.638. The van der Waals surface area contributed by atoms with E-state index in [-0.39, 0.29) is 0 Å². The third kappa shape index (κ3) is 3.37. The van der Waals surface area contributed by atoms with E-state index >= 15 is 0 Å². The second kappa shape index (κ2) is 5.91. The van der Waals surface area contributed by atoms with Crippen molar-refractivity contribution in [3.63, 3.8) is 0 Å². The van der Waals surface area contributed by atoms with Gasteiger partial charge in [-0.15, -0.1) is 0 Å². The van der Waals surface area contributed by atoms with Gasteiger partial charge in [-0.05, 0) is 52.2 Å². The predicted octanol–water partition coefficient (Wildman–Crippen LogP) is 5.07. The fourth-order valence-corrected chi connectivity index (χ4v) is 2.21. The summed E-state index contributed by atoms with van der Waals surface area (Å²) in [6.45, 7) is 2.64. The van der Waals surface area contributed by atoms with Gasteiger partial charge in [0.15, 0.2) is 0 Å². The summed E-state index contributed by atoms with van der Waals surface area (Å²) in [5.74, 6) is 0. The molecule has 1 heterocycles. The SMILES string of the molecule is Cc1cc(NCc2ccc(Cl)cc2Cl)cnc1Br. The maximum absolute atomic E-state index is 6.10. The molecule has 18 heavy (non-hydrogen) atoms. The molecule has 0 amide bonds. The molecule has 0 saturated carbocycles. The number of aryl methyl sites for hydroxylation is 1. The third-order valence-electron chi connectivity index (χ3n) is 2.51. The fourth-order valence-electron chi connectivity index (χ4n) is 1.52. The summed E-state index contributed by atoms with van der Waals surface area (Å²) in [6.07, 6.45) is 1.78. The summed E-state index contributed by atoms with van der Waals surface area (Å²) >= 11 is 15.3. The maximum Gasteiger partial charge on any atom is 0.109 e. The molecule has 2 nitrogen and oxygen atoms in total. The van der Waals surface area contributed by atoms with Crippen LogP contribution in [0.4, 0.5) is 5.69 Å². The molecular weight excluding hydrogens is 335 g/mol. The van der Waals surface area contributed by atoms with E-state index in [9.17, 15) is 0 Å². The van der Waals surface area contributed by atoms with E-state index in [1.807, 2.05) is 25.1 Å². The van der Waals surface area contributed by atoms with Crippen LogP contribution in [-0.4, -0.2) is 4.98 Å². The number of rotatable bonds is 3. The van der Waals surface area contributed by atoms with Crippen molar-refractivity contribution in [3.8, 4) is 0 Å². The monoisotopic (exact) mass is 344 g/mol. The van der Waals surface area contributed by atoms with E-state index in [0.29, 0.717) is 16.6 Å². The van der Waals surface area contributed by atoms with E-state index in [1.165, 1.54) is 0 Å². The van der Waals surface area contributed by atoms with Crippen molar-refractivity contribution >= 4 is 44.8 Å². The highest BCUT2D eigenvalue weighted by Gasteiger charge is 2.02. The Morgan fingerprint density at radius 1 is 1.28 bits per heavy atom. The molecular formula is C13H11BrCl2N2. The lowest BCUT2D eigenvalue weighted by molar-refractivity contribution is 1.12. The lowest BCUT2D eigenvalue weighted by Crippen LogP contribution is -2.01. The van der Waals surface area contributed by atoms with Gasteiger partial charge >= 0.3 is 0 Å². The summed E-state index contributed by atoms with van der Waals surface area (Å²) in [5, 5.41) is 4.59. The van der Waals surface area contributed by atoms with Gasteiger partial charge in [-0.2, -0.15) is 0 Å². The molecule has 0 saturated heterocycles. The Balaban J connectivity index is 2.09. The van der Waals surface area contributed by atoms with Gasteiger partial charge in [0.05, 0.1) is 11.9 Å². The Hall–Kier alpha value is -0.770. The molecule has 0 aliphatic carbocycles. The number of aromatic nitrogens is 1. The topological polar surface area (TPSA) is 24.9 Å². The molecule has 0 bridgehead atoms. The zero-order valence-corrected chi connectivity index (χ0v) is 12.8. The summed E-state index contributed by atoms with van der Waals surface area (Å²) in [7, 11) is 0. The smallest absolute Gasteiger partial charge is 0.109 e. The van der Waals surface area contributed by atoms with Gasteiger partial charge in [0.2, 0.25) is 0 Å². The maximum atomic E-state index is 6.10. The van der Waals surface area contributed by atoms with E-state index < -0.39 is 0 Å². The molecule has 0 unspecified atom stereocenters. The molecule has 0 atom stereocenters. The first-order chi connectivity index (χ1) is 8.56. The highest BCUT2D eigenvalue weighted by Crippen LogP contribution is 2.22. The van der Waals surface area contributed by atoms with Crippen molar-refractivity contribution in [3.05, 3.63) is 56.2 Å². The lowest BCUT2D eigenvalue weighted by Gasteiger charge is -2.09. The number of hydrogen-bond donors (Lipinski definition) is 1. The van der Waals surface area contributed by atoms with Gasteiger partial charge in [-0.3, -0.25) is 0 Å². The number of nitrogens with zero attached hydrogens (tertiary/aromatic N) is 1. The van der Waals surface area contributed by atoms with E-state index in [1.54, 1.807) is 12.3 Å². The lowest BCUT2D eigenvalue weighted by atomic mass is 10.2. The first kappa shape index (κ1) is 13.7. The van der Waals surface area contributed by atoms with Gasteiger partial charge in [0, 0.05) is 16.6 Å². The van der Waals surface area contributed by atoms with E-state index in [0.717, 1.165) is 21.4 Å². The van der Waals surface area contributed by atoms with Crippen LogP contribution < -0.4 is 5.32 Å². The van der Waals surface area contributed by atoms with Gasteiger partial charge in [-0.25, -0.2) is 4.98 Å². The normalized spacial score (nSPS) is 10.4. The van der Waals surface area contributed by atoms with Crippen LogP contribution >= 0.6 is 39.1 Å². The number of halogens is 3. The standard InChI is InChI=1S/C13H11BrCl2N2/c1-8-4-11(7-18-13(8)14)17-6-9-2-3-10(15)5-12(9)16/h2-5,7,17H,6H2,1H3. The van der Waals surface area contributed by atoms with Gasteiger partial charge in [0.1, 0.15) is 4.60 Å². The van der Waals surface area contributed by atoms with Crippen molar-refractivity contribution in [2.75, 3.05) is 5.32 Å². The number of hydrogen-bond acceptors (Lipinski definition) is 2. The minimum atomic E-state index is 0.638. The van der Waals surface area contributed by atoms with Crippen LogP contribution in [0.5, 0.6) is 0 Å². The van der Waals surface area contributed by atoms with Crippen LogP contribution in [0.25, 0.3) is 0 Å². The zero-order chi connectivity index (χ0) is 13.1. The van der Waals surface area contributed by atoms with E-state index in [2.05, 4.69) is 26.2 Å². The van der Waals surface area contributed by atoms with Crippen LogP contribution in [-0.2, 0) is 6.54 Å². The average Bonchev–Trinajstić information content (AvgIpc) is 2.32. The number of anilines is 1. The summed E-state index contributed by atoms with van der Waals surface area (Å²) < 4.78 is 0.859. The summed E-state index contributed by atoms with van der Waals surface area (Å²) in [4.78, 5) is 4.23. The molecule has 1 N–H and O–H groups in total. The number of pyridine rings is 1. The number of nitrogens with one attached hydrogen (secondary N) is 1. The first-order valence-electron chi connectivity index (χ1n) is 5.36. The predicted molar refractivity (Wildman–Crippen MR) is 80.5 cm³/mol. The molecule has 0 radical (unpaired) electrons. The molecule has 94 valence electrons. The molecule has 0 fully saturated rings. The van der Waals surface area contributed by atoms with Crippen molar-refractivity contribution in [1.82, 2.24) is 4.98 Å². The van der Waals surface area contributed by atoms with Gasteiger partial charge < -0.3 is 5.32 Å².